The van der Waals surface area contributed by atoms with Crippen LogP contribution >= 0.6 is 0 Å². The number of hydrogen-bond acceptors (Lipinski definition) is 4. The molecule has 0 bridgehead atoms. The fourth-order valence-electron chi connectivity index (χ4n) is 1.32. The summed E-state index contributed by atoms with van der Waals surface area (Å²) in [5.74, 6) is -0.425. The molecule has 0 unspecified atom stereocenters. The van der Waals surface area contributed by atoms with E-state index in [0.717, 1.165) is 0 Å². The highest BCUT2D eigenvalue weighted by Crippen LogP contribution is 2.12. The van der Waals surface area contributed by atoms with Crippen molar-refractivity contribution >= 4 is 5.97 Å². The van der Waals surface area contributed by atoms with Crippen LogP contribution in [0.1, 0.15) is 24.2 Å². The zero-order valence-corrected chi connectivity index (χ0v) is 10.6. The number of aliphatic hydroxyl groups is 1. The number of carbonyl (C=O) groups is 1. The summed E-state index contributed by atoms with van der Waals surface area (Å²) in [6.07, 6.45) is -0.591. The van der Waals surface area contributed by atoms with Crippen molar-refractivity contribution < 1.29 is 19.7 Å². The maximum atomic E-state index is 10.6. The molecule has 5 heteroatoms. The highest BCUT2D eigenvalue weighted by atomic mass is 16.5. The largest absolute Gasteiger partial charge is 0.491 e. The highest BCUT2D eigenvalue weighted by Gasteiger charge is 2.07. The van der Waals surface area contributed by atoms with E-state index in [1.54, 1.807) is 12.1 Å². The van der Waals surface area contributed by atoms with Gasteiger partial charge in [0.2, 0.25) is 0 Å². The minimum Gasteiger partial charge on any atom is -0.491 e. The van der Waals surface area contributed by atoms with Crippen molar-refractivity contribution in [3.63, 3.8) is 0 Å². The van der Waals surface area contributed by atoms with E-state index in [1.165, 1.54) is 12.1 Å². The van der Waals surface area contributed by atoms with E-state index in [1.807, 2.05) is 13.8 Å². The number of ether oxygens (including phenoxy) is 1. The molecule has 1 rings (SSSR count). The number of nitrogens with one attached hydrogen (secondary N) is 1. The van der Waals surface area contributed by atoms with Gasteiger partial charge in [-0.2, -0.15) is 0 Å². The van der Waals surface area contributed by atoms with Crippen LogP contribution in [0.15, 0.2) is 24.3 Å². The van der Waals surface area contributed by atoms with E-state index in [2.05, 4.69) is 5.32 Å². The van der Waals surface area contributed by atoms with Crippen LogP contribution in [-0.4, -0.2) is 41.5 Å². The molecule has 0 heterocycles. The molecule has 0 aliphatic heterocycles. The number of rotatable bonds is 7. The maximum Gasteiger partial charge on any atom is 0.335 e. The van der Waals surface area contributed by atoms with Gasteiger partial charge in [0, 0.05) is 12.6 Å². The molecule has 1 atom stereocenters. The van der Waals surface area contributed by atoms with Gasteiger partial charge in [-0.15, -0.1) is 0 Å². The predicted octanol–water partition coefficient (Wildman–Crippen LogP) is 1.12. The molecule has 100 valence electrons. The van der Waals surface area contributed by atoms with Crippen molar-refractivity contribution in [2.45, 2.75) is 26.0 Å². The fourth-order valence-corrected chi connectivity index (χ4v) is 1.32. The summed E-state index contributed by atoms with van der Waals surface area (Å²) in [4.78, 5) is 10.6. The van der Waals surface area contributed by atoms with E-state index < -0.39 is 12.1 Å². The molecule has 5 nitrogen and oxygen atoms in total. The Morgan fingerprint density at radius 2 is 1.94 bits per heavy atom. The Hall–Kier alpha value is -1.59. The fraction of sp³-hybridized carbons (Fsp3) is 0.462. The number of aromatic carboxylic acids is 1. The molecule has 0 saturated heterocycles. The molecule has 0 amide bonds. The van der Waals surface area contributed by atoms with Crippen molar-refractivity contribution in [2.24, 2.45) is 0 Å². The lowest BCUT2D eigenvalue weighted by Crippen LogP contribution is -2.35. The minimum atomic E-state index is -0.970. The zero-order chi connectivity index (χ0) is 13.5. The average Bonchev–Trinajstić information content (AvgIpc) is 2.34. The van der Waals surface area contributed by atoms with E-state index >= 15 is 0 Å². The van der Waals surface area contributed by atoms with Crippen molar-refractivity contribution in [3.8, 4) is 5.75 Å². The Morgan fingerprint density at radius 1 is 1.33 bits per heavy atom. The number of carboxylic acid groups (broad SMARTS) is 1. The first-order chi connectivity index (χ1) is 8.49. The lowest BCUT2D eigenvalue weighted by molar-refractivity contribution is 0.0696. The molecule has 0 aromatic heterocycles. The summed E-state index contributed by atoms with van der Waals surface area (Å²) in [6.45, 7) is 4.63. The number of benzene rings is 1. The lowest BCUT2D eigenvalue weighted by atomic mass is 10.2. The molecule has 0 saturated carbocycles. The standard InChI is InChI=1S/C13H19NO4/c1-9(2)14-7-11(15)8-18-12-5-3-10(4-6-12)13(16)17/h3-6,9,11,14-15H,7-8H2,1-2H3,(H,16,17)/t11-/m0/s1. The monoisotopic (exact) mass is 253 g/mol. The summed E-state index contributed by atoms with van der Waals surface area (Å²) in [6, 6.07) is 6.40. The first kappa shape index (κ1) is 14.5. The van der Waals surface area contributed by atoms with Crippen LogP contribution in [0.2, 0.25) is 0 Å². The molecular formula is C13H19NO4. The van der Waals surface area contributed by atoms with Crippen LogP contribution in [0.5, 0.6) is 5.75 Å². The molecule has 18 heavy (non-hydrogen) atoms. The summed E-state index contributed by atoms with van der Waals surface area (Å²) in [7, 11) is 0. The SMILES string of the molecule is CC(C)NC[C@H](O)COc1ccc(C(=O)O)cc1. The molecule has 0 spiro atoms. The number of hydrogen-bond donors (Lipinski definition) is 3. The maximum absolute atomic E-state index is 10.6. The van der Waals surface area contributed by atoms with Crippen LogP contribution in [0.25, 0.3) is 0 Å². The van der Waals surface area contributed by atoms with E-state index in [9.17, 15) is 9.90 Å². The Kier molecular flexibility index (Phi) is 5.61. The van der Waals surface area contributed by atoms with Crippen LogP contribution in [0.3, 0.4) is 0 Å². The summed E-state index contributed by atoms with van der Waals surface area (Å²) in [5, 5.41) is 21.4. The third-order valence-corrected chi connectivity index (χ3v) is 2.31. The van der Waals surface area contributed by atoms with Gasteiger partial charge < -0.3 is 20.3 Å². The second-order valence-electron chi connectivity index (χ2n) is 4.36. The van der Waals surface area contributed by atoms with E-state index in [-0.39, 0.29) is 12.2 Å². The molecular weight excluding hydrogens is 234 g/mol. The highest BCUT2D eigenvalue weighted by molar-refractivity contribution is 5.87. The van der Waals surface area contributed by atoms with Gasteiger partial charge in [-0.1, -0.05) is 13.8 Å². The molecule has 0 radical (unpaired) electrons. The van der Waals surface area contributed by atoms with E-state index in [4.69, 9.17) is 9.84 Å². The molecule has 3 N–H and O–H groups in total. The smallest absolute Gasteiger partial charge is 0.335 e. The third kappa shape index (κ3) is 5.16. The van der Waals surface area contributed by atoms with Crippen molar-refractivity contribution in [1.29, 1.82) is 0 Å². The van der Waals surface area contributed by atoms with Gasteiger partial charge in [-0.05, 0) is 24.3 Å². The molecule has 1 aromatic carbocycles. The minimum absolute atomic E-state index is 0.173. The average molecular weight is 253 g/mol. The van der Waals surface area contributed by atoms with Crippen molar-refractivity contribution in [1.82, 2.24) is 5.32 Å². The van der Waals surface area contributed by atoms with Gasteiger partial charge in [0.05, 0.1) is 5.56 Å². The molecule has 0 aliphatic carbocycles. The second-order valence-corrected chi connectivity index (χ2v) is 4.36. The topological polar surface area (TPSA) is 78.8 Å². The molecule has 0 fully saturated rings. The summed E-state index contributed by atoms with van der Waals surface area (Å²) in [5.41, 5.74) is 0.212. The normalized spacial score (nSPS) is 12.4. The van der Waals surface area contributed by atoms with Gasteiger partial charge >= 0.3 is 5.97 Å². The zero-order valence-electron chi connectivity index (χ0n) is 10.6. The van der Waals surface area contributed by atoms with E-state index in [0.29, 0.717) is 18.3 Å². The van der Waals surface area contributed by atoms with Gasteiger partial charge in [0.1, 0.15) is 18.5 Å². The van der Waals surface area contributed by atoms with Gasteiger partial charge in [0.15, 0.2) is 0 Å². The Morgan fingerprint density at radius 3 is 2.44 bits per heavy atom. The van der Waals surface area contributed by atoms with Crippen LogP contribution < -0.4 is 10.1 Å². The Balaban J connectivity index is 2.36. The molecule has 0 aliphatic rings. The van der Waals surface area contributed by atoms with Crippen LogP contribution in [0.4, 0.5) is 0 Å². The van der Waals surface area contributed by atoms with Crippen molar-refractivity contribution in [3.05, 3.63) is 29.8 Å². The van der Waals surface area contributed by atoms with Crippen LogP contribution in [-0.2, 0) is 0 Å². The lowest BCUT2D eigenvalue weighted by Gasteiger charge is -2.15. The van der Waals surface area contributed by atoms with Crippen molar-refractivity contribution in [2.75, 3.05) is 13.2 Å². The molecule has 1 aromatic rings. The van der Waals surface area contributed by atoms with Gasteiger partial charge in [0.25, 0.3) is 0 Å². The second kappa shape index (κ2) is 6.98. The predicted molar refractivity (Wildman–Crippen MR) is 68.0 cm³/mol. The first-order valence-electron chi connectivity index (χ1n) is 5.86. The summed E-state index contributed by atoms with van der Waals surface area (Å²) >= 11 is 0. The first-order valence-corrected chi connectivity index (χ1v) is 5.86. The quantitative estimate of drug-likeness (QED) is 0.678. The Bertz CT molecular complexity index is 375. The van der Waals surface area contributed by atoms with Gasteiger partial charge in [-0.3, -0.25) is 0 Å². The summed E-state index contributed by atoms with van der Waals surface area (Å²) < 4.78 is 5.35. The number of aliphatic hydroxyl groups excluding tert-OH is 1. The Labute approximate surface area is 106 Å². The van der Waals surface area contributed by atoms with Crippen LogP contribution in [0, 0.1) is 0 Å². The number of carboxylic acids is 1. The third-order valence-electron chi connectivity index (χ3n) is 2.31. The van der Waals surface area contributed by atoms with Gasteiger partial charge in [-0.25, -0.2) is 4.79 Å².